The van der Waals surface area contributed by atoms with Crippen molar-refractivity contribution in [3.63, 3.8) is 0 Å². The lowest BCUT2D eigenvalue weighted by Crippen LogP contribution is -2.37. The zero-order valence-electron chi connectivity index (χ0n) is 6.80. The summed E-state index contributed by atoms with van der Waals surface area (Å²) in [6, 6.07) is 0. The Hall–Kier alpha value is -0.150. The van der Waals surface area contributed by atoms with E-state index in [0.29, 0.717) is 6.54 Å². The van der Waals surface area contributed by atoms with Gasteiger partial charge in [-0.15, -0.1) is 0 Å². The van der Waals surface area contributed by atoms with Gasteiger partial charge in [0.2, 0.25) is 0 Å². The number of hydrogen-bond donors (Lipinski definition) is 1. The van der Waals surface area contributed by atoms with Crippen molar-refractivity contribution in [2.24, 2.45) is 5.92 Å². The van der Waals surface area contributed by atoms with Crippen molar-refractivity contribution >= 4 is 0 Å². The number of likely N-dealkylation sites (tertiary alicyclic amines) is 1. The van der Waals surface area contributed by atoms with Crippen LogP contribution in [-0.2, 0) is 0 Å². The van der Waals surface area contributed by atoms with Crippen LogP contribution in [0.1, 0.15) is 12.8 Å². The molecule has 0 amide bonds. The number of halogens is 1. The molecule has 0 saturated carbocycles. The number of piperidine rings is 1. The Kier molecular flexibility index (Phi) is 3.80. The Morgan fingerprint density at radius 2 is 2.36 bits per heavy atom. The third-order valence-electron chi connectivity index (χ3n) is 2.24. The van der Waals surface area contributed by atoms with E-state index in [9.17, 15) is 4.39 Å². The fraction of sp³-hybridized carbons (Fsp3) is 1.00. The van der Waals surface area contributed by atoms with Gasteiger partial charge < -0.3 is 10.0 Å². The monoisotopic (exact) mass is 161 g/mol. The normalized spacial score (nSPS) is 27.3. The second-order valence-electron chi connectivity index (χ2n) is 3.19. The highest BCUT2D eigenvalue weighted by molar-refractivity contribution is 4.71. The highest BCUT2D eigenvalue weighted by atomic mass is 19.1. The predicted molar refractivity (Wildman–Crippen MR) is 42.2 cm³/mol. The molecule has 0 aliphatic carbocycles. The zero-order chi connectivity index (χ0) is 8.10. The van der Waals surface area contributed by atoms with Crippen molar-refractivity contribution in [1.29, 1.82) is 0 Å². The summed E-state index contributed by atoms with van der Waals surface area (Å²) in [7, 11) is 0. The number of alkyl halides is 1. The Bertz CT molecular complexity index is 108. The van der Waals surface area contributed by atoms with E-state index in [1.165, 1.54) is 0 Å². The number of nitrogens with zero attached hydrogens (tertiary/aromatic N) is 1. The SMILES string of the molecule is OCCN1CCCC(CF)C1. The molecule has 1 fully saturated rings. The van der Waals surface area contributed by atoms with Crippen LogP contribution in [0.25, 0.3) is 0 Å². The summed E-state index contributed by atoms with van der Waals surface area (Å²) >= 11 is 0. The van der Waals surface area contributed by atoms with Gasteiger partial charge >= 0.3 is 0 Å². The topological polar surface area (TPSA) is 23.5 Å². The minimum Gasteiger partial charge on any atom is -0.395 e. The zero-order valence-corrected chi connectivity index (χ0v) is 6.80. The first kappa shape index (κ1) is 8.94. The lowest BCUT2D eigenvalue weighted by Gasteiger charge is -2.30. The number of β-amino-alcohol motifs (C(OH)–C–C–N with tert-alkyl or cyclic N) is 1. The molecule has 1 N–H and O–H groups in total. The Labute approximate surface area is 67.0 Å². The van der Waals surface area contributed by atoms with Crippen LogP contribution >= 0.6 is 0 Å². The summed E-state index contributed by atoms with van der Waals surface area (Å²) in [4.78, 5) is 2.13. The number of aliphatic hydroxyl groups excluding tert-OH is 1. The minimum atomic E-state index is -0.206. The van der Waals surface area contributed by atoms with Crippen LogP contribution in [0.2, 0.25) is 0 Å². The summed E-state index contributed by atoms with van der Waals surface area (Å²) in [6.45, 7) is 2.55. The van der Waals surface area contributed by atoms with Gasteiger partial charge in [0.15, 0.2) is 0 Å². The molecule has 0 aromatic heterocycles. The summed E-state index contributed by atoms with van der Waals surface area (Å²) in [5.74, 6) is 0.218. The van der Waals surface area contributed by atoms with E-state index in [4.69, 9.17) is 5.11 Å². The lowest BCUT2D eigenvalue weighted by molar-refractivity contribution is 0.127. The van der Waals surface area contributed by atoms with Crippen molar-refractivity contribution in [3.05, 3.63) is 0 Å². The van der Waals surface area contributed by atoms with E-state index < -0.39 is 0 Å². The van der Waals surface area contributed by atoms with Crippen molar-refractivity contribution in [2.45, 2.75) is 12.8 Å². The average Bonchev–Trinajstić information content (AvgIpc) is 2.06. The molecule has 1 rings (SSSR count). The second kappa shape index (κ2) is 4.67. The largest absolute Gasteiger partial charge is 0.395 e. The summed E-state index contributed by atoms with van der Waals surface area (Å²) in [5.41, 5.74) is 0. The van der Waals surface area contributed by atoms with Gasteiger partial charge in [0.1, 0.15) is 0 Å². The van der Waals surface area contributed by atoms with Crippen LogP contribution < -0.4 is 0 Å². The molecule has 0 bridgehead atoms. The van der Waals surface area contributed by atoms with Gasteiger partial charge in [-0.3, -0.25) is 4.39 Å². The van der Waals surface area contributed by atoms with Crippen LogP contribution in [0.4, 0.5) is 4.39 Å². The number of hydrogen-bond acceptors (Lipinski definition) is 2. The highest BCUT2D eigenvalue weighted by Crippen LogP contribution is 2.15. The standard InChI is InChI=1S/C8H16FNO/c9-6-8-2-1-3-10(7-8)4-5-11/h8,11H,1-7H2. The molecule has 1 unspecified atom stereocenters. The third-order valence-corrected chi connectivity index (χ3v) is 2.24. The van der Waals surface area contributed by atoms with Gasteiger partial charge in [-0.2, -0.15) is 0 Å². The van der Waals surface area contributed by atoms with Crippen LogP contribution in [0.5, 0.6) is 0 Å². The van der Waals surface area contributed by atoms with Crippen LogP contribution in [0, 0.1) is 5.92 Å². The summed E-state index contributed by atoms with van der Waals surface area (Å²) in [5, 5.41) is 8.64. The molecule has 0 aromatic carbocycles. The summed E-state index contributed by atoms with van der Waals surface area (Å²) in [6.07, 6.45) is 2.09. The fourth-order valence-electron chi connectivity index (χ4n) is 1.62. The predicted octanol–water partition coefficient (Wildman–Crippen LogP) is 0.660. The molecule has 1 heterocycles. The van der Waals surface area contributed by atoms with Gasteiger partial charge in [-0.05, 0) is 19.4 Å². The third kappa shape index (κ3) is 2.75. The van der Waals surface area contributed by atoms with Crippen LogP contribution in [0.3, 0.4) is 0 Å². The molecule has 0 radical (unpaired) electrons. The van der Waals surface area contributed by atoms with E-state index >= 15 is 0 Å². The first-order valence-electron chi connectivity index (χ1n) is 4.26. The highest BCUT2D eigenvalue weighted by Gasteiger charge is 2.18. The summed E-state index contributed by atoms with van der Waals surface area (Å²) < 4.78 is 12.2. The van der Waals surface area contributed by atoms with Gasteiger partial charge in [-0.25, -0.2) is 0 Å². The second-order valence-corrected chi connectivity index (χ2v) is 3.19. The van der Waals surface area contributed by atoms with E-state index in [0.717, 1.165) is 25.9 Å². The molecule has 1 aliphatic heterocycles. The average molecular weight is 161 g/mol. The van der Waals surface area contributed by atoms with E-state index in [1.807, 2.05) is 0 Å². The van der Waals surface area contributed by atoms with Gasteiger partial charge in [0.25, 0.3) is 0 Å². The van der Waals surface area contributed by atoms with E-state index in [2.05, 4.69) is 4.90 Å². The molecule has 11 heavy (non-hydrogen) atoms. The molecular formula is C8H16FNO. The molecule has 2 nitrogen and oxygen atoms in total. The molecule has 66 valence electrons. The minimum absolute atomic E-state index is 0.193. The quantitative estimate of drug-likeness (QED) is 0.657. The Morgan fingerprint density at radius 3 is 3.00 bits per heavy atom. The maximum Gasteiger partial charge on any atom is 0.0934 e. The molecule has 3 heteroatoms. The molecule has 1 saturated heterocycles. The lowest BCUT2D eigenvalue weighted by atomic mass is 10.00. The van der Waals surface area contributed by atoms with Crippen LogP contribution in [0.15, 0.2) is 0 Å². The number of aliphatic hydroxyl groups is 1. The van der Waals surface area contributed by atoms with E-state index in [-0.39, 0.29) is 19.2 Å². The Morgan fingerprint density at radius 1 is 1.55 bits per heavy atom. The number of rotatable bonds is 3. The van der Waals surface area contributed by atoms with Gasteiger partial charge in [0.05, 0.1) is 13.3 Å². The van der Waals surface area contributed by atoms with E-state index in [1.54, 1.807) is 0 Å². The van der Waals surface area contributed by atoms with Crippen molar-refractivity contribution in [3.8, 4) is 0 Å². The first-order chi connectivity index (χ1) is 5.36. The van der Waals surface area contributed by atoms with Crippen LogP contribution in [-0.4, -0.2) is 42.9 Å². The molecule has 1 atom stereocenters. The van der Waals surface area contributed by atoms with Gasteiger partial charge in [-0.1, -0.05) is 0 Å². The fourth-order valence-corrected chi connectivity index (χ4v) is 1.62. The molecule has 1 aliphatic rings. The Balaban J connectivity index is 2.21. The van der Waals surface area contributed by atoms with Crippen molar-refractivity contribution in [2.75, 3.05) is 32.9 Å². The smallest absolute Gasteiger partial charge is 0.0934 e. The maximum atomic E-state index is 12.2. The first-order valence-corrected chi connectivity index (χ1v) is 4.26. The maximum absolute atomic E-state index is 12.2. The van der Waals surface area contributed by atoms with Gasteiger partial charge in [0, 0.05) is 19.0 Å². The van der Waals surface area contributed by atoms with Crippen molar-refractivity contribution in [1.82, 2.24) is 4.90 Å². The molecule has 0 spiro atoms. The van der Waals surface area contributed by atoms with Crippen molar-refractivity contribution < 1.29 is 9.50 Å². The molecule has 0 aromatic rings. The molecular weight excluding hydrogens is 145 g/mol.